The summed E-state index contributed by atoms with van der Waals surface area (Å²) in [6.07, 6.45) is 1.96. The van der Waals surface area contributed by atoms with E-state index in [0.717, 1.165) is 16.7 Å². The van der Waals surface area contributed by atoms with Gasteiger partial charge in [0.25, 0.3) is 0 Å². The maximum absolute atomic E-state index is 12.7. The first-order valence-electron chi connectivity index (χ1n) is 7.61. The SMILES string of the molecule is N#CCCN(Cc1ccccn1)C(=O)Cn1nnc2ccccc21. The van der Waals surface area contributed by atoms with Crippen LogP contribution in [0, 0.1) is 11.3 Å². The van der Waals surface area contributed by atoms with Crippen LogP contribution in [0.4, 0.5) is 0 Å². The molecule has 3 aromatic rings. The summed E-state index contributed by atoms with van der Waals surface area (Å²) >= 11 is 0. The number of benzene rings is 1. The van der Waals surface area contributed by atoms with Crippen LogP contribution in [-0.2, 0) is 17.9 Å². The summed E-state index contributed by atoms with van der Waals surface area (Å²) in [4.78, 5) is 18.5. The molecule has 7 heteroatoms. The molecule has 0 unspecified atom stereocenters. The highest BCUT2D eigenvalue weighted by molar-refractivity contribution is 5.79. The number of nitrogens with zero attached hydrogens (tertiary/aromatic N) is 6. The Morgan fingerprint density at radius 1 is 1.21 bits per heavy atom. The Labute approximate surface area is 139 Å². The van der Waals surface area contributed by atoms with E-state index in [-0.39, 0.29) is 18.9 Å². The molecule has 0 bridgehead atoms. The molecular weight excluding hydrogens is 304 g/mol. The third-order valence-corrected chi connectivity index (χ3v) is 3.63. The summed E-state index contributed by atoms with van der Waals surface area (Å²) in [5, 5.41) is 16.9. The molecule has 120 valence electrons. The minimum atomic E-state index is -0.119. The lowest BCUT2D eigenvalue weighted by Gasteiger charge is -2.21. The minimum absolute atomic E-state index is 0.0821. The normalized spacial score (nSPS) is 10.5. The lowest BCUT2D eigenvalue weighted by Crippen LogP contribution is -2.34. The Hall–Kier alpha value is -3.27. The average Bonchev–Trinajstić information content (AvgIpc) is 3.02. The summed E-state index contributed by atoms with van der Waals surface area (Å²) in [6.45, 7) is 0.811. The maximum Gasteiger partial charge on any atom is 0.244 e. The number of hydrogen-bond acceptors (Lipinski definition) is 5. The predicted octanol–water partition coefficient (Wildman–Crippen LogP) is 1.77. The van der Waals surface area contributed by atoms with E-state index >= 15 is 0 Å². The van der Waals surface area contributed by atoms with Crippen molar-refractivity contribution in [1.29, 1.82) is 5.26 Å². The molecule has 0 aliphatic carbocycles. The van der Waals surface area contributed by atoms with E-state index in [4.69, 9.17) is 5.26 Å². The molecule has 0 fully saturated rings. The number of para-hydroxylation sites is 1. The molecule has 0 saturated heterocycles. The Morgan fingerprint density at radius 2 is 2.04 bits per heavy atom. The monoisotopic (exact) mass is 320 g/mol. The number of rotatable bonds is 6. The van der Waals surface area contributed by atoms with Crippen LogP contribution in [0.1, 0.15) is 12.1 Å². The van der Waals surface area contributed by atoms with E-state index < -0.39 is 0 Å². The lowest BCUT2D eigenvalue weighted by molar-refractivity contribution is -0.132. The molecule has 0 saturated carbocycles. The van der Waals surface area contributed by atoms with Crippen LogP contribution in [0.15, 0.2) is 48.7 Å². The number of hydrogen-bond donors (Lipinski definition) is 0. The van der Waals surface area contributed by atoms with Crippen molar-refractivity contribution in [3.63, 3.8) is 0 Å². The number of carbonyl (C=O) groups excluding carboxylic acids is 1. The fourth-order valence-corrected chi connectivity index (χ4v) is 2.43. The molecular formula is C17H16N6O. The largest absolute Gasteiger partial charge is 0.334 e. The van der Waals surface area contributed by atoms with Gasteiger partial charge < -0.3 is 4.90 Å². The fourth-order valence-electron chi connectivity index (χ4n) is 2.43. The quantitative estimate of drug-likeness (QED) is 0.690. The van der Waals surface area contributed by atoms with Crippen molar-refractivity contribution in [1.82, 2.24) is 24.9 Å². The zero-order chi connectivity index (χ0) is 16.8. The van der Waals surface area contributed by atoms with E-state index in [1.54, 1.807) is 15.8 Å². The molecule has 0 N–H and O–H groups in total. The number of amides is 1. The Morgan fingerprint density at radius 3 is 2.83 bits per heavy atom. The van der Waals surface area contributed by atoms with Gasteiger partial charge in [-0.3, -0.25) is 9.78 Å². The zero-order valence-corrected chi connectivity index (χ0v) is 13.0. The first-order valence-corrected chi connectivity index (χ1v) is 7.61. The molecule has 0 radical (unpaired) electrons. The third-order valence-electron chi connectivity index (χ3n) is 3.63. The van der Waals surface area contributed by atoms with E-state index in [0.29, 0.717) is 13.1 Å². The maximum atomic E-state index is 12.7. The molecule has 24 heavy (non-hydrogen) atoms. The number of aromatic nitrogens is 4. The Bertz CT molecular complexity index is 867. The van der Waals surface area contributed by atoms with Gasteiger partial charge in [0.15, 0.2) is 0 Å². The summed E-state index contributed by atoms with van der Waals surface area (Å²) in [6, 6.07) is 15.1. The highest BCUT2D eigenvalue weighted by atomic mass is 16.2. The summed E-state index contributed by atoms with van der Waals surface area (Å²) < 4.78 is 1.58. The first kappa shape index (κ1) is 15.6. The van der Waals surface area contributed by atoms with E-state index in [1.165, 1.54) is 0 Å². The molecule has 0 spiro atoms. The van der Waals surface area contributed by atoms with E-state index in [1.807, 2.05) is 42.5 Å². The summed E-state index contributed by atoms with van der Waals surface area (Å²) in [5.41, 5.74) is 2.34. The molecule has 1 aromatic carbocycles. The fraction of sp³-hybridized carbons (Fsp3) is 0.235. The average molecular weight is 320 g/mol. The van der Waals surface area contributed by atoms with Crippen LogP contribution in [0.25, 0.3) is 11.0 Å². The smallest absolute Gasteiger partial charge is 0.244 e. The second-order valence-corrected chi connectivity index (χ2v) is 5.28. The van der Waals surface area contributed by atoms with Gasteiger partial charge in [0.2, 0.25) is 5.91 Å². The standard InChI is InChI=1S/C17H16N6O/c18-9-5-11-22(12-14-6-3-4-10-19-14)17(24)13-23-16-8-2-1-7-15(16)20-21-23/h1-4,6-8,10H,5,11-13H2. The van der Waals surface area contributed by atoms with Gasteiger partial charge >= 0.3 is 0 Å². The van der Waals surface area contributed by atoms with Crippen molar-refractivity contribution in [2.75, 3.05) is 6.54 Å². The first-order chi connectivity index (χ1) is 11.8. The molecule has 3 rings (SSSR count). The third kappa shape index (κ3) is 3.55. The highest BCUT2D eigenvalue weighted by Gasteiger charge is 2.16. The molecule has 0 aliphatic heterocycles. The van der Waals surface area contributed by atoms with Crippen molar-refractivity contribution >= 4 is 16.9 Å². The van der Waals surface area contributed by atoms with Gasteiger partial charge in [-0.2, -0.15) is 5.26 Å². The molecule has 7 nitrogen and oxygen atoms in total. The topological polar surface area (TPSA) is 87.7 Å². The van der Waals surface area contributed by atoms with Crippen LogP contribution in [0.3, 0.4) is 0 Å². The second kappa shape index (κ2) is 7.33. The van der Waals surface area contributed by atoms with E-state index in [9.17, 15) is 4.79 Å². The number of pyridine rings is 1. The van der Waals surface area contributed by atoms with Gasteiger partial charge in [-0.05, 0) is 24.3 Å². The van der Waals surface area contributed by atoms with Gasteiger partial charge in [0.05, 0.1) is 30.2 Å². The van der Waals surface area contributed by atoms with Crippen LogP contribution in [-0.4, -0.2) is 37.3 Å². The second-order valence-electron chi connectivity index (χ2n) is 5.28. The number of nitriles is 1. The molecule has 0 aliphatic rings. The van der Waals surface area contributed by atoms with Crippen molar-refractivity contribution in [3.05, 3.63) is 54.4 Å². The number of carbonyl (C=O) groups is 1. The predicted molar refractivity (Wildman–Crippen MR) is 87.4 cm³/mol. The summed E-state index contributed by atoms with van der Waals surface area (Å²) in [5.74, 6) is -0.119. The van der Waals surface area contributed by atoms with Crippen molar-refractivity contribution < 1.29 is 4.79 Å². The van der Waals surface area contributed by atoms with Crippen LogP contribution in [0.2, 0.25) is 0 Å². The Kier molecular flexibility index (Phi) is 4.77. The van der Waals surface area contributed by atoms with Crippen LogP contribution < -0.4 is 0 Å². The molecule has 0 atom stereocenters. The van der Waals surface area contributed by atoms with Gasteiger partial charge in [0.1, 0.15) is 12.1 Å². The van der Waals surface area contributed by atoms with Gasteiger partial charge in [-0.25, -0.2) is 4.68 Å². The summed E-state index contributed by atoms with van der Waals surface area (Å²) in [7, 11) is 0. The van der Waals surface area contributed by atoms with Crippen LogP contribution in [0.5, 0.6) is 0 Å². The lowest BCUT2D eigenvalue weighted by atomic mass is 10.3. The molecule has 2 aromatic heterocycles. The zero-order valence-electron chi connectivity index (χ0n) is 13.0. The van der Waals surface area contributed by atoms with Gasteiger partial charge in [0, 0.05) is 12.7 Å². The van der Waals surface area contributed by atoms with E-state index in [2.05, 4.69) is 21.4 Å². The Balaban J connectivity index is 1.76. The van der Waals surface area contributed by atoms with Crippen LogP contribution >= 0.6 is 0 Å². The molecule has 2 heterocycles. The van der Waals surface area contributed by atoms with Gasteiger partial charge in [-0.1, -0.05) is 23.4 Å². The molecule has 1 amide bonds. The van der Waals surface area contributed by atoms with Gasteiger partial charge in [-0.15, -0.1) is 5.10 Å². The minimum Gasteiger partial charge on any atom is -0.334 e. The number of fused-ring (bicyclic) bond motifs is 1. The highest BCUT2D eigenvalue weighted by Crippen LogP contribution is 2.11. The van der Waals surface area contributed by atoms with Crippen molar-refractivity contribution in [2.45, 2.75) is 19.5 Å². The van der Waals surface area contributed by atoms with Crippen molar-refractivity contribution in [3.8, 4) is 6.07 Å². The van der Waals surface area contributed by atoms with Crippen molar-refractivity contribution in [2.24, 2.45) is 0 Å².